The van der Waals surface area contributed by atoms with Crippen molar-refractivity contribution in [3.8, 4) is 0 Å². The van der Waals surface area contributed by atoms with Crippen molar-refractivity contribution in [2.75, 3.05) is 31.0 Å². The number of nitrogens with two attached hydrogens (primary N) is 1. The maximum absolute atomic E-state index is 11.3. The molecule has 1 aromatic carbocycles. The minimum atomic E-state index is -0.371. The van der Waals surface area contributed by atoms with Gasteiger partial charge in [0.05, 0.1) is 24.0 Å². The van der Waals surface area contributed by atoms with Gasteiger partial charge in [0.15, 0.2) is 0 Å². The van der Waals surface area contributed by atoms with Gasteiger partial charge >= 0.3 is 5.97 Å². The van der Waals surface area contributed by atoms with Gasteiger partial charge in [-0.2, -0.15) is 11.8 Å². The molecule has 0 fully saturated rings. The number of esters is 1. The zero-order chi connectivity index (χ0) is 13.5. The third-order valence-corrected chi connectivity index (χ3v) is 3.78. The molecule has 0 aliphatic rings. The van der Waals surface area contributed by atoms with Gasteiger partial charge in [-0.1, -0.05) is 6.92 Å². The van der Waals surface area contributed by atoms with E-state index in [1.165, 1.54) is 7.11 Å². The smallest absolute Gasteiger partial charge is 0.337 e. The number of carbonyl (C=O) groups is 1. The van der Waals surface area contributed by atoms with E-state index >= 15 is 0 Å². The molecule has 1 aromatic rings. The Bertz CT molecular complexity index is 410. The van der Waals surface area contributed by atoms with Gasteiger partial charge in [0.25, 0.3) is 0 Å². The minimum Gasteiger partial charge on any atom is -0.465 e. The molecule has 0 amide bonds. The van der Waals surface area contributed by atoms with Crippen LogP contribution in [0.2, 0.25) is 0 Å². The Balaban J connectivity index is 2.60. The van der Waals surface area contributed by atoms with E-state index in [0.717, 1.165) is 18.7 Å². The van der Waals surface area contributed by atoms with Crippen molar-refractivity contribution in [3.63, 3.8) is 0 Å². The zero-order valence-corrected chi connectivity index (χ0v) is 11.8. The van der Waals surface area contributed by atoms with Crippen LogP contribution in [-0.4, -0.2) is 31.1 Å². The second-order valence-electron chi connectivity index (χ2n) is 4.06. The van der Waals surface area contributed by atoms with Crippen LogP contribution in [0, 0.1) is 0 Å². The molecule has 0 aliphatic heterocycles. The molecular weight excluding hydrogens is 248 g/mol. The molecule has 1 unspecified atom stereocenters. The topological polar surface area (TPSA) is 64.3 Å². The minimum absolute atomic E-state index is 0.371. The second kappa shape index (κ2) is 7.16. The summed E-state index contributed by atoms with van der Waals surface area (Å²) >= 11 is 1.84. The summed E-state index contributed by atoms with van der Waals surface area (Å²) in [5, 5.41) is 3.89. The van der Waals surface area contributed by atoms with Crippen LogP contribution in [0.5, 0.6) is 0 Å². The molecule has 0 radical (unpaired) electrons. The summed E-state index contributed by atoms with van der Waals surface area (Å²) in [6, 6.07) is 5.15. The van der Waals surface area contributed by atoms with Crippen LogP contribution in [0.25, 0.3) is 0 Å². The largest absolute Gasteiger partial charge is 0.465 e. The highest BCUT2D eigenvalue weighted by Gasteiger charge is 2.08. The van der Waals surface area contributed by atoms with E-state index in [2.05, 4.69) is 23.2 Å². The first-order valence-corrected chi connectivity index (χ1v) is 7.11. The lowest BCUT2D eigenvalue weighted by Crippen LogP contribution is -2.10. The summed E-state index contributed by atoms with van der Waals surface area (Å²) in [5.74, 6) is -0.371. The van der Waals surface area contributed by atoms with E-state index in [-0.39, 0.29) is 5.97 Å². The monoisotopic (exact) mass is 268 g/mol. The highest BCUT2D eigenvalue weighted by atomic mass is 32.2. The van der Waals surface area contributed by atoms with Gasteiger partial charge in [0.2, 0.25) is 0 Å². The Morgan fingerprint density at radius 1 is 1.56 bits per heavy atom. The van der Waals surface area contributed by atoms with Crippen molar-refractivity contribution in [1.29, 1.82) is 0 Å². The first-order chi connectivity index (χ1) is 8.58. The van der Waals surface area contributed by atoms with Crippen LogP contribution >= 0.6 is 11.8 Å². The van der Waals surface area contributed by atoms with Crippen molar-refractivity contribution in [1.82, 2.24) is 0 Å². The number of methoxy groups -OCH3 is 1. The molecule has 0 saturated carbocycles. The fourth-order valence-electron chi connectivity index (χ4n) is 1.50. The number of thioether (sulfide) groups is 1. The number of ether oxygens (including phenoxy) is 1. The van der Waals surface area contributed by atoms with E-state index in [1.807, 2.05) is 17.8 Å². The molecule has 1 rings (SSSR count). The highest BCUT2D eigenvalue weighted by Crippen LogP contribution is 2.21. The Morgan fingerprint density at radius 3 is 2.83 bits per heavy atom. The number of nitrogen functional groups attached to an aromatic ring is 1. The molecule has 0 aliphatic carbocycles. The Hall–Kier alpha value is -1.36. The predicted octanol–water partition coefficient (Wildman–Crippen LogP) is 2.61. The van der Waals surface area contributed by atoms with Gasteiger partial charge in [0, 0.05) is 11.8 Å². The summed E-state index contributed by atoms with van der Waals surface area (Å²) in [5.41, 5.74) is 7.78. The third-order valence-electron chi connectivity index (χ3n) is 2.74. The average molecular weight is 268 g/mol. The molecule has 3 N–H and O–H groups in total. The molecular formula is C13H20N2O2S. The van der Waals surface area contributed by atoms with E-state index in [0.29, 0.717) is 16.5 Å². The first kappa shape index (κ1) is 14.7. The lowest BCUT2D eigenvalue weighted by molar-refractivity contribution is 0.0601. The van der Waals surface area contributed by atoms with Gasteiger partial charge in [-0.05, 0) is 30.9 Å². The first-order valence-electron chi connectivity index (χ1n) is 5.83. The number of carbonyl (C=O) groups excluding carboxylic acids is 1. The van der Waals surface area contributed by atoms with E-state index in [9.17, 15) is 4.79 Å². The number of hydrogen-bond donors (Lipinski definition) is 2. The summed E-state index contributed by atoms with van der Waals surface area (Å²) in [6.45, 7) is 3.06. The third kappa shape index (κ3) is 4.14. The Morgan fingerprint density at radius 2 is 2.28 bits per heavy atom. The van der Waals surface area contributed by atoms with Crippen LogP contribution in [0.1, 0.15) is 23.7 Å². The van der Waals surface area contributed by atoms with E-state index in [1.54, 1.807) is 12.1 Å². The van der Waals surface area contributed by atoms with Crippen LogP contribution < -0.4 is 11.1 Å². The van der Waals surface area contributed by atoms with Crippen LogP contribution in [0.3, 0.4) is 0 Å². The standard InChI is InChI=1S/C13H20N2O2S/c1-9(18-3)6-7-15-12-5-4-10(8-11(12)14)13(16)17-2/h4-5,8-9,15H,6-7,14H2,1-3H3. The predicted molar refractivity (Wildman–Crippen MR) is 78.3 cm³/mol. The Labute approximate surface area is 112 Å². The lowest BCUT2D eigenvalue weighted by Gasteiger charge is -2.12. The molecule has 100 valence electrons. The number of nitrogens with one attached hydrogen (secondary N) is 1. The number of anilines is 2. The molecule has 18 heavy (non-hydrogen) atoms. The molecule has 4 nitrogen and oxygen atoms in total. The summed E-state index contributed by atoms with van der Waals surface area (Å²) in [6.07, 6.45) is 3.17. The van der Waals surface area contributed by atoms with Crippen molar-refractivity contribution in [3.05, 3.63) is 23.8 Å². The quantitative estimate of drug-likeness (QED) is 0.613. The average Bonchev–Trinajstić information content (AvgIpc) is 2.39. The maximum atomic E-state index is 11.3. The fraction of sp³-hybridized carbons (Fsp3) is 0.462. The van der Waals surface area contributed by atoms with Gasteiger partial charge in [0.1, 0.15) is 0 Å². The number of hydrogen-bond acceptors (Lipinski definition) is 5. The summed E-state index contributed by atoms with van der Waals surface area (Å²) in [4.78, 5) is 11.3. The zero-order valence-electron chi connectivity index (χ0n) is 11.0. The van der Waals surface area contributed by atoms with Crippen LogP contribution in [0.15, 0.2) is 18.2 Å². The van der Waals surface area contributed by atoms with Crippen LogP contribution in [-0.2, 0) is 4.74 Å². The molecule has 0 spiro atoms. The molecule has 1 atom stereocenters. The van der Waals surface area contributed by atoms with Crippen molar-refractivity contribution in [2.24, 2.45) is 0 Å². The van der Waals surface area contributed by atoms with E-state index < -0.39 is 0 Å². The molecule has 0 saturated heterocycles. The molecule has 0 aromatic heterocycles. The van der Waals surface area contributed by atoms with Crippen LogP contribution in [0.4, 0.5) is 11.4 Å². The lowest BCUT2D eigenvalue weighted by atomic mass is 10.1. The van der Waals surface area contributed by atoms with Crippen molar-refractivity contribution < 1.29 is 9.53 Å². The van der Waals surface area contributed by atoms with Gasteiger partial charge in [-0.25, -0.2) is 4.79 Å². The second-order valence-corrected chi connectivity index (χ2v) is 5.33. The number of benzene rings is 1. The van der Waals surface area contributed by atoms with Crippen molar-refractivity contribution >= 4 is 29.1 Å². The summed E-state index contributed by atoms with van der Waals surface area (Å²) in [7, 11) is 1.36. The molecule has 0 bridgehead atoms. The normalized spacial score (nSPS) is 11.9. The SMILES string of the molecule is COC(=O)c1ccc(NCCC(C)SC)c(N)c1. The van der Waals surface area contributed by atoms with Gasteiger partial charge in [-0.15, -0.1) is 0 Å². The van der Waals surface area contributed by atoms with Gasteiger partial charge < -0.3 is 15.8 Å². The van der Waals surface area contributed by atoms with E-state index in [4.69, 9.17) is 5.73 Å². The molecule has 5 heteroatoms. The van der Waals surface area contributed by atoms with Crippen molar-refractivity contribution in [2.45, 2.75) is 18.6 Å². The highest BCUT2D eigenvalue weighted by molar-refractivity contribution is 7.99. The van der Waals surface area contributed by atoms with Gasteiger partial charge in [-0.3, -0.25) is 0 Å². The maximum Gasteiger partial charge on any atom is 0.337 e. The number of rotatable bonds is 6. The fourth-order valence-corrected chi connectivity index (χ4v) is 1.85. The summed E-state index contributed by atoms with van der Waals surface area (Å²) < 4.78 is 4.64. The molecule has 0 heterocycles. The Kier molecular flexibility index (Phi) is 5.85.